The first-order valence-corrected chi connectivity index (χ1v) is 4.93. The zero-order valence-electron chi connectivity index (χ0n) is 8.47. The van der Waals surface area contributed by atoms with Gasteiger partial charge in [0.05, 0.1) is 5.41 Å². The molecule has 1 saturated carbocycles. The molecule has 0 heterocycles. The summed E-state index contributed by atoms with van der Waals surface area (Å²) in [6, 6.07) is 6.53. The van der Waals surface area contributed by atoms with Crippen LogP contribution >= 0.6 is 0 Å². The van der Waals surface area contributed by atoms with E-state index >= 15 is 0 Å². The van der Waals surface area contributed by atoms with E-state index in [2.05, 4.69) is 0 Å². The van der Waals surface area contributed by atoms with Crippen LogP contribution in [0, 0.1) is 0 Å². The van der Waals surface area contributed by atoms with Crippen LogP contribution in [0.2, 0.25) is 0 Å². The zero-order valence-corrected chi connectivity index (χ0v) is 8.47. The van der Waals surface area contributed by atoms with E-state index in [0.717, 1.165) is 6.92 Å². The lowest BCUT2D eigenvalue weighted by atomic mass is 9.89. The number of carbonyl (C=O) groups excluding carboxylic acids is 1. The Morgan fingerprint density at radius 1 is 1.40 bits per heavy atom. The molecule has 80 valence electrons. The molecule has 1 aliphatic carbocycles. The first-order chi connectivity index (χ1) is 6.99. The smallest absolute Gasteiger partial charge is 0.254 e. The molecule has 0 saturated heterocycles. The van der Waals surface area contributed by atoms with Crippen molar-refractivity contribution in [2.75, 3.05) is 0 Å². The maximum Gasteiger partial charge on any atom is 0.254 e. The van der Waals surface area contributed by atoms with Crippen molar-refractivity contribution >= 4 is 6.29 Å². The van der Waals surface area contributed by atoms with Gasteiger partial charge in [0.2, 0.25) is 0 Å². The minimum absolute atomic E-state index is 0.461. The minimum Gasteiger partial charge on any atom is -0.298 e. The number of hydrogen-bond donors (Lipinski definition) is 0. The maximum absolute atomic E-state index is 13.4. The predicted octanol–water partition coefficient (Wildman–Crippen LogP) is 3.19. The molecule has 0 aliphatic heterocycles. The van der Waals surface area contributed by atoms with Gasteiger partial charge in [0.25, 0.3) is 5.92 Å². The Hall–Kier alpha value is -1.25. The van der Waals surface area contributed by atoms with Crippen LogP contribution in [-0.4, -0.2) is 12.2 Å². The number of benzene rings is 1. The Kier molecular flexibility index (Phi) is 2.14. The predicted molar refractivity (Wildman–Crippen MR) is 53.4 cm³/mol. The summed E-state index contributed by atoms with van der Waals surface area (Å²) in [6.07, 6.45) is 1.69. The molecule has 1 aromatic carbocycles. The van der Waals surface area contributed by atoms with Crippen LogP contribution in [0.5, 0.6) is 0 Å². The fourth-order valence-corrected chi connectivity index (χ4v) is 2.02. The molecule has 0 aromatic heterocycles. The maximum atomic E-state index is 13.4. The molecule has 0 atom stereocenters. The Bertz CT molecular complexity index is 389. The molecule has 0 bridgehead atoms. The van der Waals surface area contributed by atoms with Gasteiger partial charge in [-0.05, 0) is 24.5 Å². The fourth-order valence-electron chi connectivity index (χ4n) is 2.02. The Labute approximate surface area is 87.1 Å². The summed E-state index contributed by atoms with van der Waals surface area (Å²) in [6.45, 7) is 0.952. The van der Waals surface area contributed by atoms with E-state index in [-0.39, 0.29) is 0 Å². The third-order valence-corrected chi connectivity index (χ3v) is 3.17. The largest absolute Gasteiger partial charge is 0.298 e. The normalized spacial score (nSPS) is 18.6. The summed E-state index contributed by atoms with van der Waals surface area (Å²) in [5.74, 6) is -2.71. The first kappa shape index (κ1) is 10.3. The van der Waals surface area contributed by atoms with Gasteiger partial charge >= 0.3 is 0 Å². The van der Waals surface area contributed by atoms with Gasteiger partial charge in [-0.25, -0.2) is 8.78 Å². The molecular weight excluding hydrogens is 198 g/mol. The van der Waals surface area contributed by atoms with E-state index in [4.69, 9.17) is 0 Å². The van der Waals surface area contributed by atoms with Gasteiger partial charge in [-0.1, -0.05) is 18.2 Å². The average molecular weight is 210 g/mol. The lowest BCUT2D eigenvalue weighted by molar-refractivity contribution is -0.0200. The number of aldehydes is 1. The second-order valence-corrected chi connectivity index (χ2v) is 4.21. The summed E-state index contributed by atoms with van der Waals surface area (Å²) in [4.78, 5) is 10.6. The van der Waals surface area contributed by atoms with Crippen LogP contribution < -0.4 is 0 Å². The van der Waals surface area contributed by atoms with Crippen molar-refractivity contribution in [2.45, 2.75) is 31.1 Å². The highest BCUT2D eigenvalue weighted by Crippen LogP contribution is 2.58. The molecule has 15 heavy (non-hydrogen) atoms. The number of halogens is 2. The fraction of sp³-hybridized carbons (Fsp3) is 0.417. The summed E-state index contributed by atoms with van der Waals surface area (Å²) < 4.78 is 26.8. The van der Waals surface area contributed by atoms with Crippen LogP contribution in [-0.2, 0) is 5.41 Å². The highest BCUT2D eigenvalue weighted by atomic mass is 19.3. The average Bonchev–Trinajstić information content (AvgIpc) is 2.97. The van der Waals surface area contributed by atoms with Crippen molar-refractivity contribution in [1.82, 2.24) is 0 Å². The highest BCUT2D eigenvalue weighted by Gasteiger charge is 2.59. The molecule has 1 nitrogen and oxygen atoms in total. The zero-order chi connectivity index (χ0) is 11.1. The molecule has 0 radical (unpaired) electrons. The lowest BCUT2D eigenvalue weighted by Crippen LogP contribution is -2.30. The molecule has 0 unspecified atom stereocenters. The van der Waals surface area contributed by atoms with Crippen molar-refractivity contribution in [1.29, 1.82) is 0 Å². The first-order valence-electron chi connectivity index (χ1n) is 4.93. The van der Waals surface area contributed by atoms with Gasteiger partial charge in [-0.15, -0.1) is 0 Å². The number of alkyl halides is 2. The van der Waals surface area contributed by atoms with Gasteiger partial charge in [0, 0.05) is 12.5 Å². The van der Waals surface area contributed by atoms with E-state index in [1.165, 1.54) is 0 Å². The summed E-state index contributed by atoms with van der Waals surface area (Å²) >= 11 is 0. The van der Waals surface area contributed by atoms with E-state index < -0.39 is 11.3 Å². The molecule has 0 N–H and O–H groups in total. The lowest BCUT2D eigenvalue weighted by Gasteiger charge is -2.23. The van der Waals surface area contributed by atoms with Crippen molar-refractivity contribution in [3.63, 3.8) is 0 Å². The van der Waals surface area contributed by atoms with Crippen LogP contribution in [0.1, 0.15) is 35.7 Å². The summed E-state index contributed by atoms with van der Waals surface area (Å²) in [5.41, 5.74) is 0.0223. The number of carbonyl (C=O) groups is 1. The monoisotopic (exact) mass is 210 g/mol. The van der Waals surface area contributed by atoms with Crippen molar-refractivity contribution in [3.05, 3.63) is 35.4 Å². The van der Waals surface area contributed by atoms with E-state index in [1.54, 1.807) is 24.3 Å². The molecule has 0 spiro atoms. The van der Waals surface area contributed by atoms with Gasteiger partial charge in [0.15, 0.2) is 0 Å². The van der Waals surface area contributed by atoms with E-state index in [9.17, 15) is 13.6 Å². The van der Waals surface area contributed by atoms with Gasteiger partial charge in [-0.3, -0.25) is 4.79 Å². The van der Waals surface area contributed by atoms with Crippen LogP contribution in [0.25, 0.3) is 0 Å². The standard InChI is InChI=1S/C12H12F2O/c1-11(13,14)12(5-6-12)10-4-2-3-9(7-10)8-15/h2-4,7-8H,5-6H2,1H3. The second kappa shape index (κ2) is 3.12. The number of hydrogen-bond acceptors (Lipinski definition) is 1. The molecule has 2 rings (SSSR count). The molecule has 1 fully saturated rings. The SMILES string of the molecule is CC(F)(F)C1(c2cccc(C=O)c2)CC1. The molecule has 3 heteroatoms. The van der Waals surface area contributed by atoms with Gasteiger partial charge < -0.3 is 0 Å². The topological polar surface area (TPSA) is 17.1 Å². The van der Waals surface area contributed by atoms with Crippen molar-refractivity contribution in [3.8, 4) is 0 Å². The van der Waals surface area contributed by atoms with E-state index in [0.29, 0.717) is 30.3 Å². The Balaban J connectivity index is 2.42. The highest BCUT2D eigenvalue weighted by molar-refractivity contribution is 5.75. The summed E-state index contributed by atoms with van der Waals surface area (Å²) in [7, 11) is 0. The van der Waals surface area contributed by atoms with Crippen LogP contribution in [0.15, 0.2) is 24.3 Å². The molecular formula is C12H12F2O. The Morgan fingerprint density at radius 3 is 2.53 bits per heavy atom. The quantitative estimate of drug-likeness (QED) is 0.700. The third kappa shape index (κ3) is 1.56. The van der Waals surface area contributed by atoms with Crippen molar-refractivity contribution < 1.29 is 13.6 Å². The molecule has 1 aliphatic rings. The molecule has 1 aromatic rings. The summed E-state index contributed by atoms with van der Waals surface area (Å²) in [5, 5.41) is 0. The van der Waals surface area contributed by atoms with Crippen LogP contribution in [0.4, 0.5) is 8.78 Å². The number of rotatable bonds is 3. The second-order valence-electron chi connectivity index (χ2n) is 4.21. The van der Waals surface area contributed by atoms with Gasteiger partial charge in [-0.2, -0.15) is 0 Å². The Morgan fingerprint density at radius 2 is 2.07 bits per heavy atom. The van der Waals surface area contributed by atoms with Crippen LogP contribution in [0.3, 0.4) is 0 Å². The van der Waals surface area contributed by atoms with Gasteiger partial charge in [0.1, 0.15) is 6.29 Å². The third-order valence-electron chi connectivity index (χ3n) is 3.17. The van der Waals surface area contributed by atoms with E-state index in [1.807, 2.05) is 0 Å². The minimum atomic E-state index is -2.71. The van der Waals surface area contributed by atoms with Crippen molar-refractivity contribution in [2.24, 2.45) is 0 Å². The molecule has 0 amide bonds.